The number of hydrogen-bond acceptors (Lipinski definition) is 4. The number of benzene rings is 1. The lowest BCUT2D eigenvalue weighted by molar-refractivity contribution is -0.121. The fourth-order valence-electron chi connectivity index (χ4n) is 3.43. The monoisotopic (exact) mass is 360 g/mol. The van der Waals surface area contributed by atoms with E-state index in [-0.39, 0.29) is 35.9 Å². The lowest BCUT2D eigenvalue weighted by Gasteiger charge is -2.26. The average Bonchev–Trinajstić information content (AvgIpc) is 2.89. The summed E-state index contributed by atoms with van der Waals surface area (Å²) in [5.41, 5.74) is 0.598. The fourth-order valence-corrected chi connectivity index (χ4v) is 4.38. The summed E-state index contributed by atoms with van der Waals surface area (Å²) >= 11 is 1.27. The van der Waals surface area contributed by atoms with Crippen molar-refractivity contribution in [3.63, 3.8) is 0 Å². The molecule has 1 heterocycles. The number of amides is 3. The van der Waals surface area contributed by atoms with Crippen molar-refractivity contribution in [1.82, 2.24) is 5.32 Å². The van der Waals surface area contributed by atoms with E-state index in [1.807, 2.05) is 6.07 Å². The van der Waals surface area contributed by atoms with Crippen molar-refractivity contribution < 1.29 is 14.4 Å². The molecule has 3 rings (SSSR count). The SMILES string of the molecule is CC1CCC(NC(=O)CS[C@H]2CC(=O)N(c3ccccc3)C2=O)CC1. The van der Waals surface area contributed by atoms with E-state index in [1.165, 1.54) is 16.7 Å². The first-order chi connectivity index (χ1) is 12.0. The van der Waals surface area contributed by atoms with Crippen LogP contribution in [0.2, 0.25) is 0 Å². The first-order valence-electron chi connectivity index (χ1n) is 8.87. The molecule has 0 radical (unpaired) electrons. The first kappa shape index (κ1) is 18.0. The highest BCUT2D eigenvalue weighted by Gasteiger charge is 2.40. The van der Waals surface area contributed by atoms with Crippen LogP contribution in [0, 0.1) is 5.92 Å². The van der Waals surface area contributed by atoms with E-state index in [9.17, 15) is 14.4 Å². The summed E-state index contributed by atoms with van der Waals surface area (Å²) in [6.07, 6.45) is 4.52. The molecule has 2 aliphatic rings. The zero-order valence-electron chi connectivity index (χ0n) is 14.4. The second-order valence-corrected chi connectivity index (χ2v) is 8.12. The summed E-state index contributed by atoms with van der Waals surface area (Å²) in [6, 6.07) is 9.20. The molecular weight excluding hydrogens is 336 g/mol. The molecule has 0 spiro atoms. The van der Waals surface area contributed by atoms with Crippen LogP contribution in [0.5, 0.6) is 0 Å². The van der Waals surface area contributed by atoms with E-state index in [2.05, 4.69) is 12.2 Å². The van der Waals surface area contributed by atoms with Crippen molar-refractivity contribution in [2.24, 2.45) is 5.92 Å². The number of nitrogens with one attached hydrogen (secondary N) is 1. The van der Waals surface area contributed by atoms with Gasteiger partial charge in [-0.25, -0.2) is 4.90 Å². The molecule has 5 nitrogen and oxygen atoms in total. The van der Waals surface area contributed by atoms with Gasteiger partial charge < -0.3 is 5.32 Å². The van der Waals surface area contributed by atoms with Crippen molar-refractivity contribution in [3.05, 3.63) is 30.3 Å². The Kier molecular flexibility index (Phi) is 5.78. The minimum Gasteiger partial charge on any atom is -0.353 e. The first-order valence-corrected chi connectivity index (χ1v) is 9.92. The molecule has 1 aromatic rings. The molecule has 1 aliphatic carbocycles. The molecule has 1 saturated heterocycles. The predicted molar refractivity (Wildman–Crippen MR) is 99.4 cm³/mol. The number of nitrogens with zero attached hydrogens (tertiary/aromatic N) is 1. The van der Waals surface area contributed by atoms with E-state index < -0.39 is 5.25 Å². The molecule has 1 saturated carbocycles. The largest absolute Gasteiger partial charge is 0.353 e. The summed E-state index contributed by atoms with van der Waals surface area (Å²) in [5.74, 6) is 0.505. The Balaban J connectivity index is 1.49. The zero-order chi connectivity index (χ0) is 17.8. The molecule has 3 amide bonds. The molecule has 0 bridgehead atoms. The van der Waals surface area contributed by atoms with Crippen LogP contribution >= 0.6 is 11.8 Å². The van der Waals surface area contributed by atoms with Crippen molar-refractivity contribution in [2.45, 2.75) is 50.3 Å². The van der Waals surface area contributed by atoms with Crippen molar-refractivity contribution in [1.29, 1.82) is 0 Å². The molecule has 0 aromatic heterocycles. The number of anilines is 1. The highest BCUT2D eigenvalue weighted by molar-refractivity contribution is 8.01. The van der Waals surface area contributed by atoms with Gasteiger partial charge in [-0.3, -0.25) is 14.4 Å². The third-order valence-electron chi connectivity index (χ3n) is 4.92. The molecule has 25 heavy (non-hydrogen) atoms. The van der Waals surface area contributed by atoms with Crippen LogP contribution in [-0.2, 0) is 14.4 Å². The van der Waals surface area contributed by atoms with Gasteiger partial charge in [0.1, 0.15) is 0 Å². The van der Waals surface area contributed by atoms with E-state index in [4.69, 9.17) is 0 Å². The van der Waals surface area contributed by atoms with Crippen molar-refractivity contribution in [3.8, 4) is 0 Å². The minimum absolute atomic E-state index is 0.0389. The quantitative estimate of drug-likeness (QED) is 0.820. The van der Waals surface area contributed by atoms with Crippen LogP contribution in [0.3, 0.4) is 0 Å². The van der Waals surface area contributed by atoms with Gasteiger partial charge >= 0.3 is 0 Å². The Morgan fingerprint density at radius 2 is 1.84 bits per heavy atom. The van der Waals surface area contributed by atoms with Gasteiger partial charge in [0.15, 0.2) is 0 Å². The molecule has 2 fully saturated rings. The van der Waals surface area contributed by atoms with Gasteiger partial charge in [0, 0.05) is 12.5 Å². The standard InChI is InChI=1S/C19H24N2O3S/c1-13-7-9-14(10-8-13)20-17(22)12-25-16-11-18(23)21(19(16)24)15-5-3-2-4-6-15/h2-6,13-14,16H,7-12H2,1H3,(H,20,22)/t13?,14?,16-/m0/s1. The minimum atomic E-state index is -0.468. The summed E-state index contributed by atoms with van der Waals surface area (Å²) < 4.78 is 0. The third kappa shape index (κ3) is 4.42. The maximum Gasteiger partial charge on any atom is 0.247 e. The van der Waals surface area contributed by atoms with E-state index >= 15 is 0 Å². The molecular formula is C19H24N2O3S. The summed E-state index contributed by atoms with van der Waals surface area (Å²) in [4.78, 5) is 38.1. The number of para-hydroxylation sites is 1. The Bertz CT molecular complexity index is 641. The Labute approximate surface area is 152 Å². The molecule has 1 N–H and O–H groups in total. The average molecular weight is 360 g/mol. The van der Waals surface area contributed by atoms with Crippen LogP contribution in [0.25, 0.3) is 0 Å². The smallest absolute Gasteiger partial charge is 0.247 e. The summed E-state index contributed by atoms with van der Waals surface area (Å²) in [6.45, 7) is 2.25. The second kappa shape index (κ2) is 8.04. The normalized spacial score (nSPS) is 26.8. The lowest BCUT2D eigenvalue weighted by Crippen LogP contribution is -2.38. The summed E-state index contributed by atoms with van der Waals surface area (Å²) in [5, 5.41) is 2.59. The number of carbonyl (C=O) groups is 3. The molecule has 0 unspecified atom stereocenters. The van der Waals surface area contributed by atoms with Gasteiger partial charge in [0.25, 0.3) is 0 Å². The topological polar surface area (TPSA) is 66.5 Å². The van der Waals surface area contributed by atoms with Crippen LogP contribution in [-0.4, -0.2) is 34.8 Å². The van der Waals surface area contributed by atoms with Crippen LogP contribution in [0.4, 0.5) is 5.69 Å². The fraction of sp³-hybridized carbons (Fsp3) is 0.526. The Morgan fingerprint density at radius 3 is 2.52 bits per heavy atom. The maximum atomic E-state index is 12.5. The highest BCUT2D eigenvalue weighted by Crippen LogP contribution is 2.29. The number of thioether (sulfide) groups is 1. The molecule has 1 aliphatic heterocycles. The van der Waals surface area contributed by atoms with Gasteiger partial charge in [0.2, 0.25) is 17.7 Å². The highest BCUT2D eigenvalue weighted by atomic mass is 32.2. The number of carbonyl (C=O) groups excluding carboxylic acids is 3. The van der Waals surface area contributed by atoms with Gasteiger partial charge in [-0.05, 0) is 43.7 Å². The van der Waals surface area contributed by atoms with Gasteiger partial charge in [-0.2, -0.15) is 0 Å². The van der Waals surface area contributed by atoms with Crippen molar-refractivity contribution in [2.75, 3.05) is 10.7 Å². The van der Waals surface area contributed by atoms with E-state index in [1.54, 1.807) is 24.3 Å². The lowest BCUT2D eigenvalue weighted by atomic mass is 9.87. The second-order valence-electron chi connectivity index (χ2n) is 6.93. The van der Waals surface area contributed by atoms with Gasteiger partial charge in [-0.1, -0.05) is 25.1 Å². The third-order valence-corrected chi connectivity index (χ3v) is 6.12. The molecule has 1 atom stereocenters. The molecule has 1 aromatic carbocycles. The Hall–Kier alpha value is -1.82. The maximum absolute atomic E-state index is 12.5. The predicted octanol–water partition coefficient (Wildman–Crippen LogP) is 2.75. The summed E-state index contributed by atoms with van der Waals surface area (Å²) in [7, 11) is 0. The zero-order valence-corrected chi connectivity index (χ0v) is 15.3. The van der Waals surface area contributed by atoms with E-state index in [0.29, 0.717) is 5.69 Å². The molecule has 6 heteroatoms. The van der Waals surface area contributed by atoms with Crippen LogP contribution in [0.15, 0.2) is 30.3 Å². The number of hydrogen-bond donors (Lipinski definition) is 1. The van der Waals surface area contributed by atoms with E-state index in [0.717, 1.165) is 31.6 Å². The van der Waals surface area contributed by atoms with Crippen LogP contribution < -0.4 is 10.2 Å². The van der Waals surface area contributed by atoms with Gasteiger partial charge in [-0.15, -0.1) is 11.8 Å². The Morgan fingerprint density at radius 1 is 1.16 bits per heavy atom. The molecule has 134 valence electrons. The number of imide groups is 1. The van der Waals surface area contributed by atoms with Gasteiger partial charge in [0.05, 0.1) is 16.7 Å². The number of rotatable bonds is 5. The van der Waals surface area contributed by atoms with Crippen LogP contribution in [0.1, 0.15) is 39.0 Å². The van der Waals surface area contributed by atoms with Crippen molar-refractivity contribution >= 4 is 35.2 Å².